The van der Waals surface area contributed by atoms with Crippen LogP contribution in [0.5, 0.6) is 0 Å². The van der Waals surface area contributed by atoms with E-state index in [9.17, 15) is 9.90 Å². The van der Waals surface area contributed by atoms with Crippen LogP contribution in [0.2, 0.25) is 0 Å². The van der Waals surface area contributed by atoms with Gasteiger partial charge in [0, 0.05) is 7.05 Å². The first kappa shape index (κ1) is 11.6. The Kier molecular flexibility index (Phi) is 3.34. The zero-order valence-corrected chi connectivity index (χ0v) is 8.30. The molecule has 15 heavy (non-hydrogen) atoms. The molecule has 2 heterocycles. The van der Waals surface area contributed by atoms with Gasteiger partial charge in [-0.15, -0.1) is 0 Å². The van der Waals surface area contributed by atoms with E-state index in [-0.39, 0.29) is 30.4 Å². The molecule has 2 rings (SSSR count). The molecule has 0 aromatic carbocycles. The molecule has 0 aliphatic rings. The standard InChI is InChI=1S/C8H7N3O3.Li/c1-11-6(8(12)13)5(4-10-11)7-9-2-3-14-7;/h2-4H,1H3,(H,12,13);/q;+1/p-1. The number of rotatable bonds is 2. The molecule has 6 nitrogen and oxygen atoms in total. The summed E-state index contributed by atoms with van der Waals surface area (Å²) in [5.74, 6) is -1.09. The molecule has 0 radical (unpaired) electrons. The first-order valence-electron chi connectivity index (χ1n) is 3.83. The number of aromatic nitrogens is 3. The Morgan fingerprint density at radius 1 is 1.60 bits per heavy atom. The van der Waals surface area contributed by atoms with Gasteiger partial charge in [-0.05, 0) is 0 Å². The van der Waals surface area contributed by atoms with Gasteiger partial charge in [0.1, 0.15) is 6.26 Å². The average molecular weight is 199 g/mol. The van der Waals surface area contributed by atoms with E-state index in [1.807, 2.05) is 0 Å². The van der Waals surface area contributed by atoms with Crippen LogP contribution in [0.3, 0.4) is 0 Å². The van der Waals surface area contributed by atoms with Crippen molar-refractivity contribution in [3.63, 3.8) is 0 Å². The van der Waals surface area contributed by atoms with Gasteiger partial charge in [-0.1, -0.05) is 0 Å². The number of carboxylic acid groups (broad SMARTS) is 1. The van der Waals surface area contributed by atoms with Crippen LogP contribution in [-0.2, 0) is 7.05 Å². The SMILES string of the molecule is Cn1ncc(-c2ncco2)c1C(=O)[O-].[Li+]. The van der Waals surface area contributed by atoms with Gasteiger partial charge in [-0.25, -0.2) is 4.98 Å². The fraction of sp³-hybridized carbons (Fsp3) is 0.125. The molecule has 2 aromatic heterocycles. The number of carbonyl (C=O) groups is 1. The molecule has 0 saturated carbocycles. The maximum atomic E-state index is 10.8. The topological polar surface area (TPSA) is 84.0 Å². The zero-order valence-electron chi connectivity index (χ0n) is 8.30. The van der Waals surface area contributed by atoms with Crippen molar-refractivity contribution >= 4 is 5.97 Å². The van der Waals surface area contributed by atoms with Crippen LogP contribution in [0.15, 0.2) is 23.1 Å². The third kappa shape index (κ3) is 1.96. The quantitative estimate of drug-likeness (QED) is 0.467. The zero-order chi connectivity index (χ0) is 10.1. The van der Waals surface area contributed by atoms with Crippen LogP contribution < -0.4 is 24.0 Å². The van der Waals surface area contributed by atoms with E-state index in [0.29, 0.717) is 5.56 Å². The summed E-state index contributed by atoms with van der Waals surface area (Å²) in [6.07, 6.45) is 4.17. The molecular weight excluding hydrogens is 193 g/mol. The first-order chi connectivity index (χ1) is 6.70. The summed E-state index contributed by atoms with van der Waals surface area (Å²) >= 11 is 0. The van der Waals surface area contributed by atoms with Gasteiger partial charge in [-0.2, -0.15) is 5.10 Å². The Labute approximate surface area is 97.1 Å². The second-order valence-corrected chi connectivity index (χ2v) is 2.66. The second-order valence-electron chi connectivity index (χ2n) is 2.66. The number of aryl methyl sites for hydroxylation is 1. The van der Waals surface area contributed by atoms with Gasteiger partial charge >= 0.3 is 18.9 Å². The molecule has 0 amide bonds. The van der Waals surface area contributed by atoms with Gasteiger partial charge in [0.15, 0.2) is 0 Å². The number of oxazole rings is 1. The smallest absolute Gasteiger partial charge is 0.543 e. The Morgan fingerprint density at radius 2 is 2.33 bits per heavy atom. The Balaban J connectivity index is 0.00000112. The molecule has 0 aliphatic carbocycles. The minimum absolute atomic E-state index is 0. The first-order valence-corrected chi connectivity index (χ1v) is 3.83. The number of hydrogen-bond acceptors (Lipinski definition) is 5. The fourth-order valence-electron chi connectivity index (χ4n) is 1.19. The second kappa shape index (κ2) is 4.34. The van der Waals surface area contributed by atoms with Crippen molar-refractivity contribution < 1.29 is 33.2 Å². The Morgan fingerprint density at radius 3 is 2.87 bits per heavy atom. The molecule has 0 N–H and O–H groups in total. The monoisotopic (exact) mass is 199 g/mol. The van der Waals surface area contributed by atoms with Crippen LogP contribution in [-0.4, -0.2) is 20.7 Å². The summed E-state index contributed by atoms with van der Waals surface area (Å²) in [7, 11) is 1.51. The minimum Gasteiger partial charge on any atom is -0.543 e. The molecular formula is C8H6LiN3O3. The van der Waals surface area contributed by atoms with Crippen LogP contribution in [0, 0.1) is 0 Å². The van der Waals surface area contributed by atoms with E-state index in [2.05, 4.69) is 10.1 Å². The van der Waals surface area contributed by atoms with Gasteiger partial charge in [0.05, 0.1) is 29.6 Å². The molecule has 0 unspecified atom stereocenters. The summed E-state index contributed by atoms with van der Waals surface area (Å²) in [5, 5.41) is 14.5. The van der Waals surface area contributed by atoms with Crippen molar-refractivity contribution in [1.29, 1.82) is 0 Å². The largest absolute Gasteiger partial charge is 1.00 e. The van der Waals surface area contributed by atoms with Crippen molar-refractivity contribution in [1.82, 2.24) is 14.8 Å². The number of carbonyl (C=O) groups excluding carboxylic acids is 1. The van der Waals surface area contributed by atoms with E-state index < -0.39 is 5.97 Å². The maximum Gasteiger partial charge on any atom is 1.00 e. The number of carboxylic acids is 1. The van der Waals surface area contributed by atoms with E-state index in [0.717, 1.165) is 0 Å². The molecule has 72 valence electrons. The normalized spacial score (nSPS) is 9.67. The molecule has 0 fully saturated rings. The van der Waals surface area contributed by atoms with Crippen molar-refractivity contribution in [2.24, 2.45) is 7.05 Å². The number of hydrogen-bond donors (Lipinski definition) is 0. The third-order valence-corrected chi connectivity index (χ3v) is 1.79. The fourth-order valence-corrected chi connectivity index (χ4v) is 1.19. The van der Waals surface area contributed by atoms with Gasteiger partial charge in [0.25, 0.3) is 0 Å². The molecule has 0 saturated heterocycles. The van der Waals surface area contributed by atoms with E-state index in [1.165, 1.54) is 30.4 Å². The minimum atomic E-state index is -1.31. The summed E-state index contributed by atoms with van der Waals surface area (Å²) in [6.45, 7) is 0. The van der Waals surface area contributed by atoms with Gasteiger partial charge < -0.3 is 14.3 Å². The number of aromatic carboxylic acids is 1. The summed E-state index contributed by atoms with van der Waals surface area (Å²) in [4.78, 5) is 14.6. The van der Waals surface area contributed by atoms with Crippen LogP contribution in [0.4, 0.5) is 0 Å². The van der Waals surface area contributed by atoms with Crippen LogP contribution in [0.1, 0.15) is 10.5 Å². The average Bonchev–Trinajstić information content (AvgIpc) is 2.70. The van der Waals surface area contributed by atoms with Crippen molar-refractivity contribution in [2.75, 3.05) is 0 Å². The predicted octanol–water partition coefficient (Wildman–Crippen LogP) is -3.56. The van der Waals surface area contributed by atoms with Crippen LogP contribution in [0.25, 0.3) is 11.5 Å². The molecule has 0 atom stereocenters. The van der Waals surface area contributed by atoms with E-state index in [1.54, 1.807) is 0 Å². The number of nitrogens with zero attached hydrogens (tertiary/aromatic N) is 3. The summed E-state index contributed by atoms with van der Waals surface area (Å²) in [6, 6.07) is 0. The van der Waals surface area contributed by atoms with Crippen molar-refractivity contribution in [3.05, 3.63) is 24.4 Å². The molecule has 2 aromatic rings. The molecule has 0 spiro atoms. The van der Waals surface area contributed by atoms with E-state index >= 15 is 0 Å². The van der Waals surface area contributed by atoms with Crippen LogP contribution >= 0.6 is 0 Å². The van der Waals surface area contributed by atoms with Crippen molar-refractivity contribution in [3.8, 4) is 11.5 Å². The molecule has 0 bridgehead atoms. The van der Waals surface area contributed by atoms with Gasteiger partial charge in [-0.3, -0.25) is 4.68 Å². The predicted molar refractivity (Wildman–Crippen MR) is 43.0 cm³/mol. The molecule has 0 aliphatic heterocycles. The summed E-state index contributed by atoms with van der Waals surface area (Å²) < 4.78 is 6.17. The van der Waals surface area contributed by atoms with Crippen molar-refractivity contribution in [2.45, 2.75) is 0 Å². The molecule has 7 heteroatoms. The Hall–Kier alpha value is -1.51. The summed E-state index contributed by atoms with van der Waals surface area (Å²) in [5.41, 5.74) is 0.268. The third-order valence-electron chi connectivity index (χ3n) is 1.79. The Bertz CT molecular complexity index is 463. The van der Waals surface area contributed by atoms with Gasteiger partial charge in [0.2, 0.25) is 5.89 Å². The maximum absolute atomic E-state index is 10.8. The van der Waals surface area contributed by atoms with E-state index in [4.69, 9.17) is 4.42 Å².